The van der Waals surface area contributed by atoms with Crippen LogP contribution in [0.1, 0.15) is 56.2 Å². The van der Waals surface area contributed by atoms with Crippen LogP contribution in [0.5, 0.6) is 5.75 Å². The number of nitrogens with one attached hydrogen (secondary N) is 1. The normalized spacial score (nSPS) is 16.4. The molecule has 1 saturated carbocycles. The minimum Gasteiger partial charge on any atom is -0.491 e. The van der Waals surface area contributed by atoms with Crippen LogP contribution in [-0.2, 0) is 6.42 Å². The van der Waals surface area contributed by atoms with E-state index < -0.39 is 6.10 Å². The molecular formula is C27H36N4O3. The molecule has 7 nitrogen and oxygen atoms in total. The van der Waals surface area contributed by atoms with E-state index in [4.69, 9.17) is 19.2 Å². The Hall–Kier alpha value is -2.77. The Morgan fingerprint density at radius 2 is 1.94 bits per heavy atom. The predicted octanol–water partition coefficient (Wildman–Crippen LogP) is 4.89. The van der Waals surface area contributed by atoms with Gasteiger partial charge in [0.1, 0.15) is 24.2 Å². The zero-order chi connectivity index (χ0) is 24.1. The number of ether oxygens (including phenoxy) is 1. The molecule has 2 N–H and O–H groups in total. The number of aliphatic hydroxyl groups excluding tert-OH is 1. The number of benzene rings is 1. The molecule has 0 bridgehead atoms. The maximum Gasteiger partial charge on any atom is 0.160 e. The highest BCUT2D eigenvalue weighted by Gasteiger charge is 2.28. The Morgan fingerprint density at radius 1 is 1.15 bits per heavy atom. The van der Waals surface area contributed by atoms with Crippen LogP contribution in [0.25, 0.3) is 22.6 Å². The van der Waals surface area contributed by atoms with E-state index in [2.05, 4.69) is 23.5 Å². The maximum absolute atomic E-state index is 9.98. The molecule has 2 heterocycles. The molecule has 182 valence electrons. The molecule has 1 fully saturated rings. The van der Waals surface area contributed by atoms with Gasteiger partial charge < -0.3 is 19.7 Å². The second kappa shape index (κ2) is 10.7. The van der Waals surface area contributed by atoms with Crippen LogP contribution in [0.3, 0.4) is 0 Å². The molecule has 4 rings (SSSR count). The van der Waals surface area contributed by atoms with Crippen LogP contribution in [0, 0.1) is 19.3 Å². The number of nitrogens with zero attached hydrogens (tertiary/aromatic N) is 3. The van der Waals surface area contributed by atoms with Gasteiger partial charge >= 0.3 is 0 Å². The van der Waals surface area contributed by atoms with E-state index in [-0.39, 0.29) is 12.0 Å². The second-order valence-electron chi connectivity index (χ2n) is 9.87. The van der Waals surface area contributed by atoms with E-state index in [1.165, 1.54) is 32.1 Å². The molecule has 3 aromatic rings. The fraction of sp³-hybridized carbons (Fsp3) is 0.519. The first-order chi connectivity index (χ1) is 16.4. The van der Waals surface area contributed by atoms with E-state index in [0.717, 1.165) is 40.4 Å². The molecule has 0 aliphatic heterocycles. The van der Waals surface area contributed by atoms with Gasteiger partial charge in [-0.15, -0.1) is 0 Å². The Labute approximate surface area is 202 Å². The highest BCUT2D eigenvalue weighted by Crippen LogP contribution is 2.39. The molecule has 0 spiro atoms. The van der Waals surface area contributed by atoms with Gasteiger partial charge in [0.05, 0.1) is 17.0 Å². The lowest BCUT2D eigenvalue weighted by Gasteiger charge is -2.33. The molecule has 34 heavy (non-hydrogen) atoms. The molecule has 7 heteroatoms. The summed E-state index contributed by atoms with van der Waals surface area (Å²) in [6.07, 6.45) is 6.69. The second-order valence-corrected chi connectivity index (χ2v) is 9.87. The summed E-state index contributed by atoms with van der Waals surface area (Å²) < 4.78 is 11.3. The molecule has 2 aromatic heterocycles. The number of hydrogen-bond acceptors (Lipinski definition) is 7. The molecule has 1 aromatic carbocycles. The molecule has 1 aliphatic carbocycles. The van der Waals surface area contributed by atoms with Crippen LogP contribution in [0.2, 0.25) is 0 Å². The largest absolute Gasteiger partial charge is 0.491 e. The van der Waals surface area contributed by atoms with Gasteiger partial charge in [0.25, 0.3) is 0 Å². The summed E-state index contributed by atoms with van der Waals surface area (Å²) in [6.45, 7) is 6.94. The van der Waals surface area contributed by atoms with Crippen molar-refractivity contribution in [3.63, 3.8) is 0 Å². The SMILES string of the molecule is CNCC(O)COc1cccc(-c2nc(CC3(C)CCCCC3)cc(-c3c(C)noc3C)n2)c1. The van der Waals surface area contributed by atoms with Crippen LogP contribution in [-0.4, -0.2) is 46.5 Å². The van der Waals surface area contributed by atoms with E-state index in [9.17, 15) is 5.11 Å². The quantitative estimate of drug-likeness (QED) is 0.466. The third-order valence-corrected chi connectivity index (χ3v) is 6.71. The standard InChI is InChI=1S/C27H36N4O3/c1-18-25(19(2)34-31-18)24-14-21(15-27(3)11-6-5-7-12-27)29-26(30-24)20-9-8-10-23(13-20)33-17-22(32)16-28-4/h8-10,13-14,22,28,32H,5-7,11-12,15-17H2,1-4H3. The monoisotopic (exact) mass is 464 g/mol. The summed E-state index contributed by atoms with van der Waals surface area (Å²) in [5.74, 6) is 2.10. The predicted molar refractivity (Wildman–Crippen MR) is 133 cm³/mol. The average Bonchev–Trinajstić information content (AvgIpc) is 3.16. The van der Waals surface area contributed by atoms with Gasteiger partial charge in [-0.25, -0.2) is 9.97 Å². The third kappa shape index (κ3) is 5.83. The van der Waals surface area contributed by atoms with Gasteiger partial charge in [-0.1, -0.05) is 43.5 Å². The lowest BCUT2D eigenvalue weighted by molar-refractivity contribution is 0.108. The van der Waals surface area contributed by atoms with E-state index in [0.29, 0.717) is 18.1 Å². The molecule has 0 amide bonds. The molecule has 1 unspecified atom stereocenters. The van der Waals surface area contributed by atoms with Crippen LogP contribution in [0.4, 0.5) is 0 Å². The van der Waals surface area contributed by atoms with Gasteiger partial charge in [-0.2, -0.15) is 0 Å². The zero-order valence-corrected chi connectivity index (χ0v) is 20.7. The summed E-state index contributed by atoms with van der Waals surface area (Å²) in [5, 5.41) is 17.1. The number of hydrogen-bond donors (Lipinski definition) is 2. The first kappa shape index (κ1) is 24.4. The molecular weight excluding hydrogens is 428 g/mol. The van der Waals surface area contributed by atoms with Gasteiger partial charge in [0.2, 0.25) is 0 Å². The smallest absolute Gasteiger partial charge is 0.160 e. The topological polar surface area (TPSA) is 93.3 Å². The van der Waals surface area contributed by atoms with Crippen molar-refractivity contribution in [1.82, 2.24) is 20.4 Å². The van der Waals surface area contributed by atoms with Gasteiger partial charge in [-0.05, 0) is 63.8 Å². The summed E-state index contributed by atoms with van der Waals surface area (Å²) >= 11 is 0. The number of aliphatic hydroxyl groups is 1. The Balaban J connectivity index is 1.69. The summed E-state index contributed by atoms with van der Waals surface area (Å²) in [4.78, 5) is 9.92. The number of likely N-dealkylation sites (N-methyl/N-ethyl adjacent to an activating group) is 1. The average molecular weight is 465 g/mol. The molecule has 1 aliphatic rings. The van der Waals surface area contributed by atoms with Crippen molar-refractivity contribution in [2.24, 2.45) is 5.41 Å². The van der Waals surface area contributed by atoms with Crippen molar-refractivity contribution in [2.75, 3.05) is 20.2 Å². The Kier molecular flexibility index (Phi) is 7.63. The lowest BCUT2D eigenvalue weighted by Crippen LogP contribution is -2.29. The van der Waals surface area contributed by atoms with E-state index in [1.807, 2.05) is 38.1 Å². The molecule has 0 radical (unpaired) electrons. The van der Waals surface area contributed by atoms with Crippen molar-refractivity contribution in [3.8, 4) is 28.4 Å². The highest BCUT2D eigenvalue weighted by atomic mass is 16.5. The summed E-state index contributed by atoms with van der Waals surface area (Å²) in [6, 6.07) is 9.85. The van der Waals surface area contributed by atoms with Crippen molar-refractivity contribution in [1.29, 1.82) is 0 Å². The first-order valence-corrected chi connectivity index (χ1v) is 12.2. The van der Waals surface area contributed by atoms with Crippen molar-refractivity contribution < 1.29 is 14.4 Å². The van der Waals surface area contributed by atoms with E-state index in [1.54, 1.807) is 7.05 Å². The van der Waals surface area contributed by atoms with Crippen LogP contribution in [0.15, 0.2) is 34.9 Å². The maximum atomic E-state index is 9.98. The van der Waals surface area contributed by atoms with Gasteiger partial charge in [0, 0.05) is 17.8 Å². The van der Waals surface area contributed by atoms with E-state index >= 15 is 0 Å². The lowest BCUT2D eigenvalue weighted by atomic mass is 9.73. The molecule has 1 atom stereocenters. The summed E-state index contributed by atoms with van der Waals surface area (Å²) in [7, 11) is 1.80. The highest BCUT2D eigenvalue weighted by molar-refractivity contribution is 5.67. The first-order valence-electron chi connectivity index (χ1n) is 12.2. The minimum absolute atomic E-state index is 0.216. The minimum atomic E-state index is -0.574. The fourth-order valence-corrected chi connectivity index (χ4v) is 4.93. The van der Waals surface area contributed by atoms with Gasteiger partial charge in [0.15, 0.2) is 5.82 Å². The van der Waals surface area contributed by atoms with Crippen LogP contribution < -0.4 is 10.1 Å². The van der Waals surface area contributed by atoms with Crippen LogP contribution >= 0.6 is 0 Å². The number of aromatic nitrogens is 3. The summed E-state index contributed by atoms with van der Waals surface area (Å²) in [5.41, 5.74) is 4.78. The van der Waals surface area contributed by atoms with Crippen molar-refractivity contribution in [2.45, 2.75) is 65.4 Å². The fourth-order valence-electron chi connectivity index (χ4n) is 4.93. The zero-order valence-electron chi connectivity index (χ0n) is 20.7. The Bertz CT molecular complexity index is 1090. The number of aryl methyl sites for hydroxylation is 2. The van der Waals surface area contributed by atoms with Crippen molar-refractivity contribution in [3.05, 3.63) is 47.5 Å². The molecule has 0 saturated heterocycles. The van der Waals surface area contributed by atoms with Crippen molar-refractivity contribution >= 4 is 0 Å². The van der Waals surface area contributed by atoms with Gasteiger partial charge in [-0.3, -0.25) is 0 Å². The number of rotatable bonds is 9. The third-order valence-electron chi connectivity index (χ3n) is 6.71. The Morgan fingerprint density at radius 3 is 2.65 bits per heavy atom.